The number of benzene rings is 2. The zero-order valence-corrected chi connectivity index (χ0v) is 17.2. The van der Waals surface area contributed by atoms with Crippen molar-refractivity contribution in [3.05, 3.63) is 60.0 Å². The van der Waals surface area contributed by atoms with E-state index in [2.05, 4.69) is 15.0 Å². The van der Waals surface area contributed by atoms with Crippen molar-refractivity contribution >= 4 is 21.4 Å². The molecule has 0 atom stereocenters. The number of anilines is 2. The minimum absolute atomic E-state index is 0.0465. The van der Waals surface area contributed by atoms with Gasteiger partial charge in [0.25, 0.3) is 0 Å². The SMILES string of the molecule is CNS(=O)(=O)c1ccc(Nc2ccc(C(F)(F)F)cc2)c(-c2cn3c(n2)COCC3)c1. The number of imidazole rings is 1. The summed E-state index contributed by atoms with van der Waals surface area (Å²) in [5.41, 5.74) is 1.20. The number of ether oxygens (including phenoxy) is 1. The van der Waals surface area contributed by atoms with Gasteiger partial charge in [0, 0.05) is 29.7 Å². The van der Waals surface area contributed by atoms with Gasteiger partial charge in [0.05, 0.1) is 22.8 Å². The quantitative estimate of drug-likeness (QED) is 0.616. The first-order valence-electron chi connectivity index (χ1n) is 9.33. The molecule has 1 aliphatic rings. The third-order valence-electron chi connectivity index (χ3n) is 4.90. The van der Waals surface area contributed by atoms with Gasteiger partial charge in [-0.2, -0.15) is 13.2 Å². The van der Waals surface area contributed by atoms with Crippen LogP contribution in [0.3, 0.4) is 0 Å². The van der Waals surface area contributed by atoms with E-state index in [-0.39, 0.29) is 4.90 Å². The summed E-state index contributed by atoms with van der Waals surface area (Å²) >= 11 is 0. The van der Waals surface area contributed by atoms with E-state index >= 15 is 0 Å². The maximum absolute atomic E-state index is 12.8. The van der Waals surface area contributed by atoms with Crippen molar-refractivity contribution in [2.45, 2.75) is 24.2 Å². The van der Waals surface area contributed by atoms with Crippen LogP contribution in [0, 0.1) is 0 Å². The van der Waals surface area contributed by atoms with Crippen molar-refractivity contribution in [2.24, 2.45) is 0 Å². The standard InChI is InChI=1S/C20H19F3N4O3S/c1-24-31(28,29)15-6-7-17(25-14-4-2-13(3-5-14)20(21,22)23)16(10-15)18-11-27-8-9-30-12-19(27)26-18/h2-7,10-11,24-25H,8-9,12H2,1H3. The van der Waals surface area contributed by atoms with E-state index in [0.717, 1.165) is 12.1 Å². The molecule has 2 aromatic carbocycles. The summed E-state index contributed by atoms with van der Waals surface area (Å²) < 4.78 is 72.7. The molecular weight excluding hydrogens is 433 g/mol. The van der Waals surface area contributed by atoms with Crippen LogP contribution >= 0.6 is 0 Å². The van der Waals surface area contributed by atoms with Crippen molar-refractivity contribution in [2.75, 3.05) is 19.0 Å². The molecule has 3 aromatic rings. The summed E-state index contributed by atoms with van der Waals surface area (Å²) in [4.78, 5) is 4.60. The summed E-state index contributed by atoms with van der Waals surface area (Å²) in [5.74, 6) is 0.712. The van der Waals surface area contributed by atoms with E-state index in [1.807, 2.05) is 4.57 Å². The van der Waals surface area contributed by atoms with Gasteiger partial charge < -0.3 is 14.6 Å². The molecular formula is C20H19F3N4O3S. The van der Waals surface area contributed by atoms with Gasteiger partial charge in [0.15, 0.2) is 0 Å². The first-order chi connectivity index (χ1) is 14.7. The third-order valence-corrected chi connectivity index (χ3v) is 6.32. The van der Waals surface area contributed by atoms with E-state index in [0.29, 0.717) is 48.2 Å². The summed E-state index contributed by atoms with van der Waals surface area (Å²) in [7, 11) is -2.39. The molecule has 1 aromatic heterocycles. The minimum Gasteiger partial charge on any atom is -0.372 e. The van der Waals surface area contributed by atoms with Crippen LogP contribution in [0.4, 0.5) is 24.5 Å². The van der Waals surface area contributed by atoms with Gasteiger partial charge in [-0.15, -0.1) is 0 Å². The van der Waals surface area contributed by atoms with Gasteiger partial charge in [-0.05, 0) is 49.5 Å². The Morgan fingerprint density at radius 3 is 2.52 bits per heavy atom. The Balaban J connectivity index is 1.75. The van der Waals surface area contributed by atoms with Crippen LogP contribution in [0.2, 0.25) is 0 Å². The second-order valence-corrected chi connectivity index (χ2v) is 8.79. The van der Waals surface area contributed by atoms with E-state index in [9.17, 15) is 21.6 Å². The number of nitrogens with one attached hydrogen (secondary N) is 2. The second-order valence-electron chi connectivity index (χ2n) is 6.90. The minimum atomic E-state index is -4.43. The van der Waals surface area contributed by atoms with Gasteiger partial charge in [0.2, 0.25) is 10.0 Å². The average molecular weight is 452 g/mol. The molecule has 2 heterocycles. The summed E-state index contributed by atoms with van der Waals surface area (Å²) in [6.07, 6.45) is -2.62. The lowest BCUT2D eigenvalue weighted by molar-refractivity contribution is -0.137. The molecule has 0 saturated heterocycles. The number of hydrogen-bond donors (Lipinski definition) is 2. The Labute approximate surface area is 176 Å². The molecule has 0 spiro atoms. The van der Waals surface area contributed by atoms with Crippen LogP contribution < -0.4 is 10.0 Å². The van der Waals surface area contributed by atoms with Crippen LogP contribution in [0.5, 0.6) is 0 Å². The summed E-state index contributed by atoms with van der Waals surface area (Å²) in [6.45, 7) is 1.52. The van der Waals surface area contributed by atoms with Crippen molar-refractivity contribution < 1.29 is 26.3 Å². The number of halogens is 3. The van der Waals surface area contributed by atoms with Crippen LogP contribution in [-0.4, -0.2) is 31.6 Å². The average Bonchev–Trinajstić information content (AvgIpc) is 3.18. The Hall–Kier alpha value is -2.89. The Morgan fingerprint density at radius 2 is 1.87 bits per heavy atom. The lowest BCUT2D eigenvalue weighted by Gasteiger charge is -2.14. The molecule has 2 N–H and O–H groups in total. The van der Waals surface area contributed by atoms with Gasteiger partial charge in [-0.3, -0.25) is 0 Å². The van der Waals surface area contributed by atoms with E-state index < -0.39 is 21.8 Å². The summed E-state index contributed by atoms with van der Waals surface area (Å²) in [6, 6.07) is 9.05. The highest BCUT2D eigenvalue weighted by Crippen LogP contribution is 2.34. The fourth-order valence-electron chi connectivity index (χ4n) is 3.25. The van der Waals surface area contributed by atoms with Crippen LogP contribution in [0.1, 0.15) is 11.4 Å². The number of aromatic nitrogens is 2. The number of rotatable bonds is 5. The van der Waals surface area contributed by atoms with Crippen molar-refractivity contribution in [1.29, 1.82) is 0 Å². The molecule has 0 saturated carbocycles. The topological polar surface area (TPSA) is 85.3 Å². The second kappa shape index (κ2) is 7.98. The predicted molar refractivity (Wildman–Crippen MR) is 108 cm³/mol. The van der Waals surface area contributed by atoms with Crippen molar-refractivity contribution in [3.63, 3.8) is 0 Å². The van der Waals surface area contributed by atoms with E-state index in [1.165, 1.54) is 31.3 Å². The number of nitrogens with zero attached hydrogens (tertiary/aromatic N) is 2. The van der Waals surface area contributed by atoms with Gasteiger partial charge in [0.1, 0.15) is 12.4 Å². The van der Waals surface area contributed by atoms with Crippen molar-refractivity contribution in [3.8, 4) is 11.3 Å². The zero-order chi connectivity index (χ0) is 22.2. The fourth-order valence-corrected chi connectivity index (χ4v) is 4.00. The lowest BCUT2D eigenvalue weighted by atomic mass is 10.1. The van der Waals surface area contributed by atoms with Crippen molar-refractivity contribution in [1.82, 2.24) is 14.3 Å². The van der Waals surface area contributed by atoms with Gasteiger partial charge in [-0.25, -0.2) is 18.1 Å². The van der Waals surface area contributed by atoms with Crippen LogP contribution in [-0.2, 0) is 34.1 Å². The third kappa shape index (κ3) is 4.43. The fraction of sp³-hybridized carbons (Fsp3) is 0.250. The summed E-state index contributed by atoms with van der Waals surface area (Å²) in [5, 5.41) is 3.06. The number of hydrogen-bond acceptors (Lipinski definition) is 5. The molecule has 0 radical (unpaired) electrons. The Bertz CT molecular complexity index is 1180. The van der Waals surface area contributed by atoms with Gasteiger partial charge >= 0.3 is 6.18 Å². The molecule has 0 unspecified atom stereocenters. The molecule has 0 fully saturated rings. The first kappa shape index (κ1) is 21.3. The molecule has 0 bridgehead atoms. The molecule has 164 valence electrons. The maximum Gasteiger partial charge on any atom is 0.416 e. The Morgan fingerprint density at radius 1 is 1.13 bits per heavy atom. The van der Waals surface area contributed by atoms with E-state index in [1.54, 1.807) is 12.3 Å². The molecule has 4 rings (SSSR count). The zero-order valence-electron chi connectivity index (χ0n) is 16.4. The lowest BCUT2D eigenvalue weighted by Crippen LogP contribution is -2.18. The molecule has 31 heavy (non-hydrogen) atoms. The van der Waals surface area contributed by atoms with Crippen LogP contribution in [0.25, 0.3) is 11.3 Å². The largest absolute Gasteiger partial charge is 0.416 e. The molecule has 1 aliphatic heterocycles. The highest BCUT2D eigenvalue weighted by atomic mass is 32.2. The number of fused-ring (bicyclic) bond motifs is 1. The highest BCUT2D eigenvalue weighted by molar-refractivity contribution is 7.89. The molecule has 0 aliphatic carbocycles. The highest BCUT2D eigenvalue weighted by Gasteiger charge is 2.30. The van der Waals surface area contributed by atoms with Crippen LogP contribution in [0.15, 0.2) is 53.6 Å². The number of sulfonamides is 1. The maximum atomic E-state index is 12.8. The first-order valence-corrected chi connectivity index (χ1v) is 10.8. The normalized spacial score (nSPS) is 14.3. The van der Waals surface area contributed by atoms with E-state index in [4.69, 9.17) is 4.74 Å². The monoisotopic (exact) mass is 452 g/mol. The molecule has 11 heteroatoms. The predicted octanol–water partition coefficient (Wildman–Crippen LogP) is 3.75. The smallest absolute Gasteiger partial charge is 0.372 e. The van der Waals surface area contributed by atoms with Gasteiger partial charge in [-0.1, -0.05) is 0 Å². The molecule has 7 nitrogen and oxygen atoms in total. The number of alkyl halides is 3. The molecule has 0 amide bonds. The Kier molecular flexibility index (Phi) is 5.50.